The lowest BCUT2D eigenvalue weighted by Gasteiger charge is -2.36. The molecule has 1 aliphatic heterocycles. The van der Waals surface area contributed by atoms with E-state index in [1.165, 1.54) is 0 Å². The second kappa shape index (κ2) is 9.78. The van der Waals surface area contributed by atoms with E-state index >= 15 is 0 Å². The molecule has 0 bridgehead atoms. The molecule has 180 valence electrons. The first-order valence-electron chi connectivity index (χ1n) is 11.9. The molecule has 7 heteroatoms. The molecule has 0 atom stereocenters. The van der Waals surface area contributed by atoms with E-state index in [2.05, 4.69) is 5.32 Å². The van der Waals surface area contributed by atoms with Crippen molar-refractivity contribution in [1.82, 2.24) is 0 Å². The second-order valence-corrected chi connectivity index (χ2v) is 8.87. The van der Waals surface area contributed by atoms with Crippen LogP contribution < -0.4 is 14.8 Å². The van der Waals surface area contributed by atoms with Crippen LogP contribution in [0.5, 0.6) is 11.5 Å². The Bertz CT molecular complexity index is 1200. The first-order chi connectivity index (χ1) is 17.0. The fraction of sp³-hybridized carbons (Fsp3) is 0.321. The summed E-state index contributed by atoms with van der Waals surface area (Å²) < 4.78 is 17.0. The number of ketones is 2. The lowest BCUT2D eigenvalue weighted by atomic mass is 9.73. The third-order valence-electron chi connectivity index (χ3n) is 6.61. The van der Waals surface area contributed by atoms with Gasteiger partial charge in [-0.1, -0.05) is 24.3 Å². The third kappa shape index (κ3) is 4.58. The molecule has 0 saturated heterocycles. The van der Waals surface area contributed by atoms with Gasteiger partial charge in [0, 0.05) is 42.7 Å². The summed E-state index contributed by atoms with van der Waals surface area (Å²) in [7, 11) is 1.54. The van der Waals surface area contributed by atoms with Crippen LogP contribution in [0.4, 0.5) is 5.69 Å². The minimum absolute atomic E-state index is 0.0505. The van der Waals surface area contributed by atoms with Gasteiger partial charge in [-0.05, 0) is 42.7 Å². The molecule has 0 unspecified atom stereocenters. The number of carbonyl (C=O) groups is 3. The number of amides is 1. The highest BCUT2D eigenvalue weighted by Crippen LogP contribution is 2.47. The second-order valence-electron chi connectivity index (χ2n) is 8.87. The highest BCUT2D eigenvalue weighted by atomic mass is 16.5. The molecule has 7 nitrogen and oxygen atoms in total. The Kier molecular flexibility index (Phi) is 6.40. The van der Waals surface area contributed by atoms with Crippen molar-refractivity contribution in [3.63, 3.8) is 0 Å². The molecule has 35 heavy (non-hydrogen) atoms. The maximum atomic E-state index is 12.9. The summed E-state index contributed by atoms with van der Waals surface area (Å²) in [6, 6.07) is 14.4. The standard InChI is InChI=1S/C28H27NO6/c1-33-22-9-3-2-6-19(22)29-25(32)16-34-18-14-12-17(13-15-18)26-27-20(30)7-4-10-23(27)35-24-11-5-8-21(31)28(24)26/h2-3,6,9,12-15,26H,4-5,7-8,10-11,16H2,1H3,(H,29,32). The van der Waals surface area contributed by atoms with Crippen LogP contribution in [0.3, 0.4) is 0 Å². The van der Waals surface area contributed by atoms with Crippen LogP contribution in [-0.2, 0) is 19.1 Å². The first-order valence-corrected chi connectivity index (χ1v) is 11.9. The molecule has 2 aromatic rings. The van der Waals surface area contributed by atoms with Gasteiger partial charge in [-0.25, -0.2) is 0 Å². The van der Waals surface area contributed by atoms with Gasteiger partial charge in [0.2, 0.25) is 0 Å². The largest absolute Gasteiger partial charge is 0.495 e. The van der Waals surface area contributed by atoms with Crippen molar-refractivity contribution in [2.75, 3.05) is 19.0 Å². The fourth-order valence-corrected chi connectivity index (χ4v) is 4.99. The summed E-state index contributed by atoms with van der Waals surface area (Å²) in [6.45, 7) is -0.170. The monoisotopic (exact) mass is 473 g/mol. The number of methoxy groups -OCH3 is 1. The van der Waals surface area contributed by atoms with Crippen LogP contribution in [0.2, 0.25) is 0 Å². The zero-order valence-electron chi connectivity index (χ0n) is 19.6. The average molecular weight is 474 g/mol. The van der Waals surface area contributed by atoms with E-state index in [9.17, 15) is 14.4 Å². The molecule has 0 spiro atoms. The van der Waals surface area contributed by atoms with Crippen LogP contribution in [0.1, 0.15) is 50.0 Å². The molecule has 5 rings (SSSR count). The maximum absolute atomic E-state index is 12.9. The molecule has 1 heterocycles. The van der Waals surface area contributed by atoms with Gasteiger partial charge in [-0.2, -0.15) is 0 Å². The Morgan fingerprint density at radius 3 is 2.17 bits per heavy atom. The highest BCUT2D eigenvalue weighted by molar-refractivity contribution is 6.05. The van der Waals surface area contributed by atoms with Crippen molar-refractivity contribution in [3.8, 4) is 11.5 Å². The average Bonchev–Trinajstić information content (AvgIpc) is 2.87. The van der Waals surface area contributed by atoms with E-state index < -0.39 is 5.92 Å². The number of hydrogen-bond donors (Lipinski definition) is 1. The molecule has 1 amide bonds. The zero-order valence-corrected chi connectivity index (χ0v) is 19.6. The van der Waals surface area contributed by atoms with Gasteiger partial charge in [0.1, 0.15) is 23.0 Å². The van der Waals surface area contributed by atoms with E-state index in [-0.39, 0.29) is 24.1 Å². The number of anilines is 1. The quantitative estimate of drug-likeness (QED) is 0.646. The van der Waals surface area contributed by atoms with Crippen LogP contribution in [0, 0.1) is 0 Å². The van der Waals surface area contributed by atoms with Crippen molar-refractivity contribution in [2.24, 2.45) is 0 Å². The molecule has 3 aliphatic rings. The van der Waals surface area contributed by atoms with Crippen molar-refractivity contribution < 1.29 is 28.6 Å². The molecule has 0 saturated carbocycles. The maximum Gasteiger partial charge on any atom is 0.262 e. The minimum atomic E-state index is -0.405. The number of allylic oxidation sites excluding steroid dienone is 4. The van der Waals surface area contributed by atoms with Crippen molar-refractivity contribution in [2.45, 2.75) is 44.4 Å². The van der Waals surface area contributed by atoms with E-state index in [0.29, 0.717) is 65.5 Å². The van der Waals surface area contributed by atoms with Gasteiger partial charge < -0.3 is 19.5 Å². The summed E-state index contributed by atoms with van der Waals surface area (Å²) in [5.74, 6) is 1.90. The summed E-state index contributed by atoms with van der Waals surface area (Å²) >= 11 is 0. The fourth-order valence-electron chi connectivity index (χ4n) is 4.99. The van der Waals surface area contributed by atoms with Crippen molar-refractivity contribution in [1.29, 1.82) is 0 Å². The van der Waals surface area contributed by atoms with Gasteiger partial charge in [0.25, 0.3) is 5.91 Å². The topological polar surface area (TPSA) is 90.9 Å². The SMILES string of the molecule is COc1ccccc1NC(=O)COc1ccc(C2C3=C(CCCC3=O)OC3=C2C(=O)CCC3)cc1. The van der Waals surface area contributed by atoms with Crippen molar-refractivity contribution >= 4 is 23.2 Å². The van der Waals surface area contributed by atoms with E-state index in [1.807, 2.05) is 24.3 Å². The van der Waals surface area contributed by atoms with Gasteiger partial charge in [-0.15, -0.1) is 0 Å². The Labute approximate surface area is 203 Å². The molecule has 0 aromatic heterocycles. The number of nitrogens with one attached hydrogen (secondary N) is 1. The van der Waals surface area contributed by atoms with E-state index in [4.69, 9.17) is 14.2 Å². The number of carbonyl (C=O) groups excluding carboxylic acids is 3. The highest BCUT2D eigenvalue weighted by Gasteiger charge is 2.41. The number of ether oxygens (including phenoxy) is 3. The van der Waals surface area contributed by atoms with Gasteiger partial charge in [0.15, 0.2) is 18.2 Å². The molecule has 0 fully saturated rings. The number of rotatable bonds is 6. The number of hydrogen-bond acceptors (Lipinski definition) is 6. The van der Waals surface area contributed by atoms with Crippen LogP contribution in [0.25, 0.3) is 0 Å². The summed E-state index contributed by atoms with van der Waals surface area (Å²) in [4.78, 5) is 38.1. The molecular weight excluding hydrogens is 446 g/mol. The predicted molar refractivity (Wildman–Crippen MR) is 129 cm³/mol. The van der Waals surface area contributed by atoms with Crippen LogP contribution >= 0.6 is 0 Å². The molecule has 2 aromatic carbocycles. The molecule has 0 radical (unpaired) electrons. The molecule has 1 N–H and O–H groups in total. The third-order valence-corrected chi connectivity index (χ3v) is 6.61. The van der Waals surface area contributed by atoms with E-state index in [1.54, 1.807) is 31.4 Å². The predicted octanol–water partition coefficient (Wildman–Crippen LogP) is 4.84. The minimum Gasteiger partial charge on any atom is -0.495 e. The Morgan fingerprint density at radius 2 is 1.54 bits per heavy atom. The summed E-state index contributed by atoms with van der Waals surface area (Å²) in [5, 5.41) is 2.78. The summed E-state index contributed by atoms with van der Waals surface area (Å²) in [6.07, 6.45) is 3.90. The lowest BCUT2D eigenvalue weighted by Crippen LogP contribution is -2.30. The Balaban J connectivity index is 1.33. The number of Topliss-reactive ketones (excluding diaryl/α,β-unsaturated/α-hetero) is 2. The van der Waals surface area contributed by atoms with Crippen LogP contribution in [-0.4, -0.2) is 31.2 Å². The number of benzene rings is 2. The Hall–Kier alpha value is -3.87. The molecule has 2 aliphatic carbocycles. The lowest BCUT2D eigenvalue weighted by molar-refractivity contribution is -0.119. The first kappa shape index (κ1) is 22.9. The Morgan fingerprint density at radius 1 is 0.914 bits per heavy atom. The van der Waals surface area contributed by atoms with Crippen LogP contribution in [0.15, 0.2) is 71.2 Å². The van der Waals surface area contributed by atoms with Gasteiger partial charge in [0.05, 0.1) is 12.8 Å². The van der Waals surface area contributed by atoms with Gasteiger partial charge in [-0.3, -0.25) is 14.4 Å². The number of para-hydroxylation sites is 2. The summed E-state index contributed by atoms with van der Waals surface area (Å²) in [5.41, 5.74) is 2.66. The van der Waals surface area contributed by atoms with Gasteiger partial charge >= 0.3 is 0 Å². The zero-order chi connectivity index (χ0) is 24.4. The van der Waals surface area contributed by atoms with Crippen molar-refractivity contribution in [3.05, 3.63) is 76.8 Å². The smallest absolute Gasteiger partial charge is 0.262 e. The normalized spacial score (nSPS) is 18.0. The molecular formula is C28H27NO6. The van der Waals surface area contributed by atoms with E-state index in [0.717, 1.165) is 18.4 Å².